The van der Waals surface area contributed by atoms with Gasteiger partial charge in [-0.1, -0.05) is 50.1 Å². The minimum absolute atomic E-state index is 0.0154. The number of esters is 1. The number of carbonyl (C=O) groups excluding carboxylic acids is 4. The van der Waals surface area contributed by atoms with E-state index in [0.29, 0.717) is 40.8 Å². The second-order valence-corrected chi connectivity index (χ2v) is 19.6. The van der Waals surface area contributed by atoms with Gasteiger partial charge in [-0.3, -0.25) is 28.7 Å². The number of rotatable bonds is 13. The molecule has 1 saturated carbocycles. The Kier molecular flexibility index (Phi) is 11.9. The molecule has 7 atom stereocenters. The molecule has 312 valence electrons. The lowest BCUT2D eigenvalue weighted by atomic mass is 9.97. The van der Waals surface area contributed by atoms with Crippen molar-refractivity contribution in [3.8, 4) is 5.75 Å². The van der Waals surface area contributed by atoms with Gasteiger partial charge in [0.1, 0.15) is 23.9 Å². The van der Waals surface area contributed by atoms with E-state index in [9.17, 15) is 23.7 Å². The zero-order valence-corrected chi connectivity index (χ0v) is 35.1. The first-order valence-corrected chi connectivity index (χ1v) is 23.3. The fourth-order valence-corrected chi connectivity index (χ4v) is 11.9. The summed E-state index contributed by atoms with van der Waals surface area (Å²) < 4.78 is 42.5. The van der Waals surface area contributed by atoms with Gasteiger partial charge in [-0.15, -0.1) is 11.3 Å². The standard InChI is InChI=1S/C44H51FN5O7PS/c1-3-22-56-43(54)28(2)48-58(55,57-34-12-5-4-6-13-34)39(45)29-15-18-37-31(23-29)24-38(59-37)40(51)47-35-14-8-7-11-33-16-17-36(50(33)41(35)52)42(53)49-27-32(25-44(49)19-20-44)30-10-9-21-46-26-30/h4-6,9-10,12-13,15,18,21,23-24,26,28,32-33,35-36,39H,3,7-8,11,14,16-17,19-20,22,25,27H2,1-2H3,(H,47,51)(H,48,55)/t28-,32-,33-,35-,36-,39-,58?/m0/s1. The zero-order chi connectivity index (χ0) is 41.3. The van der Waals surface area contributed by atoms with Gasteiger partial charge in [-0.05, 0) is 111 Å². The zero-order valence-electron chi connectivity index (χ0n) is 33.4. The first kappa shape index (κ1) is 41.1. The fraction of sp³-hybridized carbons (Fsp3) is 0.477. The maximum Gasteiger partial charge on any atom is 0.355 e. The number of carbonyl (C=O) groups is 4. The summed E-state index contributed by atoms with van der Waals surface area (Å²) in [5.74, 6) is -3.13. The van der Waals surface area contributed by atoms with E-state index in [1.807, 2.05) is 19.2 Å². The SMILES string of the molecule is CCCOC(=O)[C@H](C)NP(=O)(Oc1ccccc1)[C@H](F)c1ccc2sc(C(=O)N[C@H]3CCCC[C@H]4CC[C@@H](C(=O)N5C[C@@H](c6cccnc6)CC56CC6)N4C3=O)cc2c1. The van der Waals surface area contributed by atoms with Crippen molar-refractivity contribution in [1.82, 2.24) is 25.2 Å². The predicted molar refractivity (Wildman–Crippen MR) is 223 cm³/mol. The van der Waals surface area contributed by atoms with E-state index in [-0.39, 0.29) is 47.2 Å². The minimum atomic E-state index is -4.44. The number of nitrogens with one attached hydrogen (secondary N) is 2. The largest absolute Gasteiger partial charge is 0.465 e. The lowest BCUT2D eigenvalue weighted by Crippen LogP contribution is -2.57. The molecule has 1 aliphatic carbocycles. The quantitative estimate of drug-likeness (QED) is 0.101. The summed E-state index contributed by atoms with van der Waals surface area (Å²) in [4.78, 5) is 63.9. The molecule has 2 N–H and O–H groups in total. The van der Waals surface area contributed by atoms with Gasteiger partial charge in [0, 0.05) is 41.1 Å². The number of para-hydroxylation sites is 1. The average Bonchev–Trinajstić information content (AvgIpc) is 3.53. The molecule has 2 aromatic heterocycles. The number of amides is 3. The number of alkyl halides is 1. The van der Waals surface area contributed by atoms with Crippen LogP contribution in [0.3, 0.4) is 0 Å². The molecule has 1 spiro atoms. The normalized spacial score (nSPS) is 24.4. The molecule has 59 heavy (non-hydrogen) atoms. The van der Waals surface area contributed by atoms with Gasteiger partial charge in [0.15, 0.2) is 0 Å². The Morgan fingerprint density at radius 1 is 1.03 bits per heavy atom. The van der Waals surface area contributed by atoms with Crippen molar-refractivity contribution in [2.45, 2.75) is 120 Å². The Morgan fingerprint density at radius 2 is 1.83 bits per heavy atom. The lowest BCUT2D eigenvalue weighted by Gasteiger charge is -2.37. The molecule has 3 amide bonds. The van der Waals surface area contributed by atoms with E-state index >= 15 is 4.39 Å². The lowest BCUT2D eigenvalue weighted by molar-refractivity contribution is -0.148. The summed E-state index contributed by atoms with van der Waals surface area (Å²) in [5, 5.41) is 6.14. The molecule has 4 aliphatic rings. The number of thiophene rings is 1. The number of pyridine rings is 1. The third-order valence-corrected chi connectivity index (χ3v) is 15.5. The van der Waals surface area contributed by atoms with Gasteiger partial charge >= 0.3 is 13.5 Å². The van der Waals surface area contributed by atoms with Crippen LogP contribution in [0.15, 0.2) is 79.1 Å². The van der Waals surface area contributed by atoms with Gasteiger partial charge in [-0.25, -0.2) is 9.48 Å². The van der Waals surface area contributed by atoms with Crippen LogP contribution in [0.1, 0.15) is 111 Å². The molecule has 15 heteroatoms. The third-order valence-electron chi connectivity index (χ3n) is 12.3. The van der Waals surface area contributed by atoms with E-state index in [1.54, 1.807) is 53.6 Å². The average molecular weight is 844 g/mol. The molecular weight excluding hydrogens is 793 g/mol. The summed E-state index contributed by atoms with van der Waals surface area (Å²) in [7, 11) is -4.44. The molecule has 2 aromatic carbocycles. The summed E-state index contributed by atoms with van der Waals surface area (Å²) in [6, 6.07) is 15.9. The van der Waals surface area contributed by atoms with Crippen molar-refractivity contribution in [2.75, 3.05) is 13.2 Å². The van der Waals surface area contributed by atoms with Crippen LogP contribution in [0.2, 0.25) is 0 Å². The molecule has 5 heterocycles. The van der Waals surface area contributed by atoms with E-state index in [1.165, 1.54) is 30.4 Å². The molecule has 12 nitrogen and oxygen atoms in total. The summed E-state index contributed by atoms with van der Waals surface area (Å²) in [6.45, 7) is 4.07. The highest BCUT2D eigenvalue weighted by Gasteiger charge is 2.58. The predicted octanol–water partition coefficient (Wildman–Crippen LogP) is 8.05. The monoisotopic (exact) mass is 843 g/mol. The maximum atomic E-state index is 16.5. The van der Waals surface area contributed by atoms with Gasteiger partial charge in [-0.2, -0.15) is 0 Å². The number of hydrogen-bond acceptors (Lipinski definition) is 9. The fourth-order valence-electron chi connectivity index (χ4n) is 9.09. The topological polar surface area (TPSA) is 147 Å². The van der Waals surface area contributed by atoms with Crippen molar-refractivity contribution in [3.05, 3.63) is 95.1 Å². The summed E-state index contributed by atoms with van der Waals surface area (Å²) >= 11 is 1.20. The molecule has 3 aliphatic heterocycles. The van der Waals surface area contributed by atoms with Crippen LogP contribution in [-0.2, 0) is 23.7 Å². The highest BCUT2D eigenvalue weighted by Crippen LogP contribution is 2.58. The van der Waals surface area contributed by atoms with Crippen molar-refractivity contribution < 1.29 is 37.4 Å². The molecule has 8 rings (SSSR count). The number of aromatic nitrogens is 1. The molecule has 4 aromatic rings. The Bertz CT molecular complexity index is 2240. The van der Waals surface area contributed by atoms with Crippen molar-refractivity contribution in [3.63, 3.8) is 0 Å². The number of hydrogen-bond donors (Lipinski definition) is 2. The third kappa shape index (κ3) is 8.54. The maximum absolute atomic E-state index is 16.5. The molecule has 0 bridgehead atoms. The second-order valence-electron chi connectivity index (χ2n) is 16.4. The van der Waals surface area contributed by atoms with E-state index in [4.69, 9.17) is 9.26 Å². The van der Waals surface area contributed by atoms with Crippen LogP contribution in [0, 0.1) is 0 Å². The Hall–Kier alpha value is -4.65. The van der Waals surface area contributed by atoms with Crippen molar-refractivity contribution in [2.24, 2.45) is 0 Å². The van der Waals surface area contributed by atoms with Crippen LogP contribution in [0.25, 0.3) is 10.1 Å². The number of nitrogens with zero attached hydrogens (tertiary/aromatic N) is 3. The van der Waals surface area contributed by atoms with Gasteiger partial charge in [0.25, 0.3) is 5.91 Å². The highest BCUT2D eigenvalue weighted by atomic mass is 32.1. The molecule has 4 fully saturated rings. The molecular formula is C44H51FN5O7PS. The van der Waals surface area contributed by atoms with Gasteiger partial charge in [0.2, 0.25) is 17.7 Å². The van der Waals surface area contributed by atoms with Crippen LogP contribution < -0.4 is 14.9 Å². The second kappa shape index (κ2) is 17.1. The Labute approximate surface area is 347 Å². The highest BCUT2D eigenvalue weighted by molar-refractivity contribution is 7.57. The summed E-state index contributed by atoms with van der Waals surface area (Å²) in [6.07, 6.45) is 11.4. The molecule has 3 saturated heterocycles. The molecule has 1 unspecified atom stereocenters. The van der Waals surface area contributed by atoms with Crippen LogP contribution in [0.4, 0.5) is 4.39 Å². The number of likely N-dealkylation sites (tertiary alicyclic amines) is 1. The number of benzene rings is 2. The molecule has 0 radical (unpaired) electrons. The van der Waals surface area contributed by atoms with Crippen molar-refractivity contribution >= 4 is 52.6 Å². The van der Waals surface area contributed by atoms with Gasteiger partial charge in [0.05, 0.1) is 11.5 Å². The first-order chi connectivity index (χ1) is 28.5. The smallest absolute Gasteiger partial charge is 0.355 e. The van der Waals surface area contributed by atoms with E-state index in [2.05, 4.69) is 26.4 Å². The summed E-state index contributed by atoms with van der Waals surface area (Å²) in [5.41, 5.74) is 1.02. The number of halogens is 1. The van der Waals surface area contributed by atoms with Crippen molar-refractivity contribution in [1.29, 1.82) is 0 Å². The number of fused-ring (bicyclic) bond motifs is 2. The Balaban J connectivity index is 0.980. The van der Waals surface area contributed by atoms with Crippen LogP contribution in [0.5, 0.6) is 5.75 Å². The van der Waals surface area contributed by atoms with Crippen LogP contribution >= 0.6 is 18.9 Å². The van der Waals surface area contributed by atoms with Gasteiger partial charge < -0.3 is 24.4 Å². The Morgan fingerprint density at radius 3 is 2.58 bits per heavy atom. The first-order valence-electron chi connectivity index (χ1n) is 20.8. The minimum Gasteiger partial charge on any atom is -0.465 e. The van der Waals surface area contributed by atoms with E-state index in [0.717, 1.165) is 50.5 Å². The van der Waals surface area contributed by atoms with Crippen LogP contribution in [-0.4, -0.2) is 81.3 Å². The number of ether oxygens (including phenoxy) is 1. The van der Waals surface area contributed by atoms with E-state index < -0.39 is 43.4 Å².